The highest BCUT2D eigenvalue weighted by atomic mass is 32.2. The van der Waals surface area contributed by atoms with Crippen LogP contribution in [0.4, 0.5) is 0 Å². The third-order valence-electron chi connectivity index (χ3n) is 3.02. The van der Waals surface area contributed by atoms with Crippen LogP contribution in [0.25, 0.3) is 22.3 Å². The normalized spacial score (nSPS) is 11.5. The third-order valence-corrected chi connectivity index (χ3v) is 3.32. The van der Waals surface area contributed by atoms with Gasteiger partial charge in [0.15, 0.2) is 11.2 Å². The van der Waals surface area contributed by atoms with Gasteiger partial charge in [0.25, 0.3) is 0 Å². The van der Waals surface area contributed by atoms with Gasteiger partial charge in [0.2, 0.25) is 0 Å². The number of nitrogens with one attached hydrogen (secondary N) is 1. The second kappa shape index (κ2) is 5.84. The van der Waals surface area contributed by atoms with E-state index in [1.807, 2.05) is 18.2 Å². The second-order valence-electron chi connectivity index (χ2n) is 4.66. The molecule has 0 radical (unpaired) electrons. The highest BCUT2D eigenvalue weighted by Gasteiger charge is 2.09. The molecule has 3 aromatic rings. The lowest BCUT2D eigenvalue weighted by Gasteiger charge is -2.06. The van der Waals surface area contributed by atoms with Crippen LogP contribution in [0.3, 0.4) is 0 Å². The minimum Gasteiger partial charge on any atom is -0.456 e. The average Bonchev–Trinajstić information content (AvgIpc) is 2.53. The molecule has 0 fully saturated rings. The molecule has 0 unspecified atom stereocenters. The van der Waals surface area contributed by atoms with Gasteiger partial charge in [-0.1, -0.05) is 30.3 Å². The Balaban J connectivity index is 2.05. The smallest absolute Gasteiger partial charge is 0.364 e. The number of rotatable bonds is 4. The molecule has 2 aromatic carbocycles. The highest BCUT2D eigenvalue weighted by molar-refractivity contribution is 7.83. The molecule has 3 rings (SSSR count). The van der Waals surface area contributed by atoms with Crippen LogP contribution in [-0.4, -0.2) is 13.0 Å². The van der Waals surface area contributed by atoms with Crippen molar-refractivity contribution in [2.45, 2.75) is 0 Å². The fraction of sp³-hybridized carbons (Fsp3) is 0. The van der Waals surface area contributed by atoms with Crippen molar-refractivity contribution in [3.63, 3.8) is 0 Å². The van der Waals surface area contributed by atoms with Gasteiger partial charge in [-0.3, -0.25) is 9.35 Å². The molecule has 118 valence electrons. The fourth-order valence-electron chi connectivity index (χ4n) is 2.04. The number of fused-ring (bicyclic) bond motifs is 1. The molecular formula is C15H11NO6S. The van der Waals surface area contributed by atoms with E-state index in [1.165, 1.54) is 29.2 Å². The third kappa shape index (κ3) is 3.57. The molecule has 23 heavy (non-hydrogen) atoms. The van der Waals surface area contributed by atoms with Crippen molar-refractivity contribution in [2.24, 2.45) is 0 Å². The summed E-state index contributed by atoms with van der Waals surface area (Å²) in [7, 11) is -4.50. The Kier molecular flexibility index (Phi) is 3.87. The predicted molar refractivity (Wildman–Crippen MR) is 83.2 cm³/mol. The van der Waals surface area contributed by atoms with Crippen LogP contribution in [0, 0.1) is 0 Å². The monoisotopic (exact) mass is 333 g/mol. The number of hydrogen-bond donors (Lipinski definition) is 2. The molecule has 0 atom stereocenters. The Hall–Kier alpha value is -2.68. The summed E-state index contributed by atoms with van der Waals surface area (Å²) in [6.45, 7) is 0. The quantitative estimate of drug-likeness (QED) is 0.560. The van der Waals surface area contributed by atoms with Gasteiger partial charge in [0, 0.05) is 17.7 Å². The second-order valence-corrected chi connectivity index (χ2v) is 5.78. The molecule has 0 aliphatic carbocycles. The fourth-order valence-corrected chi connectivity index (χ4v) is 2.25. The Bertz CT molecular complexity index is 1010. The molecule has 0 bridgehead atoms. The van der Waals surface area contributed by atoms with E-state index in [2.05, 4.69) is 0 Å². The molecule has 0 aliphatic heterocycles. The molecule has 0 amide bonds. The van der Waals surface area contributed by atoms with Gasteiger partial charge >= 0.3 is 10.3 Å². The largest absolute Gasteiger partial charge is 0.456 e. The van der Waals surface area contributed by atoms with E-state index in [4.69, 9.17) is 13.8 Å². The summed E-state index contributed by atoms with van der Waals surface area (Å²) in [5, 5.41) is 0.323. The molecule has 1 heterocycles. The van der Waals surface area contributed by atoms with Crippen molar-refractivity contribution in [1.82, 2.24) is 4.89 Å². The summed E-state index contributed by atoms with van der Waals surface area (Å²) < 4.78 is 35.5. The topological polar surface area (TPSA) is 106 Å². The first kappa shape index (κ1) is 15.2. The maximum Gasteiger partial charge on any atom is 0.364 e. The van der Waals surface area contributed by atoms with Crippen LogP contribution in [-0.2, 0) is 10.3 Å². The maximum absolute atomic E-state index is 12.1. The number of benzene rings is 2. The molecule has 0 saturated carbocycles. The van der Waals surface area contributed by atoms with E-state index >= 15 is 0 Å². The molecule has 2 N–H and O–H groups in total. The molecule has 0 spiro atoms. The summed E-state index contributed by atoms with van der Waals surface area (Å²) in [5.41, 5.74) is 0.722. The molecule has 1 aromatic heterocycles. The zero-order chi connectivity index (χ0) is 16.4. The molecule has 0 aliphatic rings. The van der Waals surface area contributed by atoms with Crippen LogP contribution in [0.5, 0.6) is 5.75 Å². The summed E-state index contributed by atoms with van der Waals surface area (Å²) in [5.74, 6) is 0.437. The summed E-state index contributed by atoms with van der Waals surface area (Å²) in [6.07, 6.45) is 0. The van der Waals surface area contributed by atoms with Crippen LogP contribution in [0.1, 0.15) is 0 Å². The van der Waals surface area contributed by atoms with E-state index in [9.17, 15) is 13.2 Å². The SMILES string of the molecule is O=c1cc(-c2ccccc2)oc2cc(ONS(=O)(=O)O)ccc12. The van der Waals surface area contributed by atoms with Crippen molar-refractivity contribution >= 4 is 21.3 Å². The van der Waals surface area contributed by atoms with Gasteiger partial charge in [0.05, 0.1) is 5.39 Å². The summed E-state index contributed by atoms with van der Waals surface area (Å²) in [6, 6.07) is 14.6. The van der Waals surface area contributed by atoms with Gasteiger partial charge in [-0.25, -0.2) is 0 Å². The Labute approximate surface area is 131 Å². The first-order valence-corrected chi connectivity index (χ1v) is 7.91. The maximum atomic E-state index is 12.1. The van der Waals surface area contributed by atoms with E-state index in [0.717, 1.165) is 5.56 Å². The van der Waals surface area contributed by atoms with Crippen LogP contribution < -0.4 is 15.2 Å². The molecular weight excluding hydrogens is 322 g/mol. The number of hydrogen-bond acceptors (Lipinski definition) is 5. The lowest BCUT2D eigenvalue weighted by Crippen LogP contribution is -2.26. The van der Waals surface area contributed by atoms with Crippen molar-refractivity contribution in [3.8, 4) is 17.1 Å². The van der Waals surface area contributed by atoms with E-state index in [0.29, 0.717) is 11.1 Å². The van der Waals surface area contributed by atoms with E-state index in [1.54, 1.807) is 12.1 Å². The lowest BCUT2D eigenvalue weighted by atomic mass is 10.1. The van der Waals surface area contributed by atoms with Crippen LogP contribution in [0.2, 0.25) is 0 Å². The first-order chi connectivity index (χ1) is 10.9. The molecule has 0 saturated heterocycles. The average molecular weight is 333 g/mol. The highest BCUT2D eigenvalue weighted by Crippen LogP contribution is 2.24. The molecule has 8 heteroatoms. The van der Waals surface area contributed by atoms with Crippen molar-refractivity contribution < 1.29 is 22.2 Å². The van der Waals surface area contributed by atoms with Gasteiger partial charge in [-0.15, -0.1) is 0 Å². The summed E-state index contributed by atoms with van der Waals surface area (Å²) >= 11 is 0. The van der Waals surface area contributed by atoms with Gasteiger partial charge in [-0.05, 0) is 17.0 Å². The zero-order valence-electron chi connectivity index (χ0n) is 11.6. The minimum absolute atomic E-state index is 0.0588. The lowest BCUT2D eigenvalue weighted by molar-refractivity contribution is 0.251. The minimum atomic E-state index is -4.50. The van der Waals surface area contributed by atoms with Gasteiger partial charge < -0.3 is 9.25 Å². The van der Waals surface area contributed by atoms with Gasteiger partial charge in [-0.2, -0.15) is 8.42 Å². The standard InChI is InChI=1S/C15H11NO6S/c17-13-9-14(10-4-2-1-3-5-10)21-15-8-11(6-7-12(13)15)22-16-23(18,19)20/h1-9,16H,(H,18,19,20). The van der Waals surface area contributed by atoms with E-state index in [-0.39, 0.29) is 16.8 Å². The Morgan fingerprint density at radius 2 is 1.78 bits per heavy atom. The Morgan fingerprint density at radius 3 is 2.48 bits per heavy atom. The van der Waals surface area contributed by atoms with Crippen LogP contribution in [0.15, 0.2) is 63.8 Å². The molecule has 7 nitrogen and oxygen atoms in total. The Morgan fingerprint density at radius 1 is 1.04 bits per heavy atom. The summed E-state index contributed by atoms with van der Waals surface area (Å²) in [4.78, 5) is 18.3. The zero-order valence-corrected chi connectivity index (χ0v) is 12.4. The van der Waals surface area contributed by atoms with Crippen molar-refractivity contribution in [3.05, 3.63) is 64.8 Å². The van der Waals surface area contributed by atoms with Crippen molar-refractivity contribution in [1.29, 1.82) is 0 Å². The first-order valence-electron chi connectivity index (χ1n) is 6.47. The van der Waals surface area contributed by atoms with Crippen molar-refractivity contribution in [2.75, 3.05) is 0 Å². The van der Waals surface area contributed by atoms with Crippen LogP contribution >= 0.6 is 0 Å². The predicted octanol–water partition coefficient (Wildman–Crippen LogP) is 2.15. The van der Waals surface area contributed by atoms with E-state index < -0.39 is 10.3 Å². The van der Waals surface area contributed by atoms with Gasteiger partial charge in [0.1, 0.15) is 11.3 Å².